The molecular weight excluding hydrogens is 362 g/mol. The normalized spacial score (nSPS) is 40.3. The number of hydrogen-bond acceptors (Lipinski definition) is 7. The van der Waals surface area contributed by atoms with Crippen molar-refractivity contribution in [2.24, 2.45) is 17.3 Å². The summed E-state index contributed by atoms with van der Waals surface area (Å²) in [5.41, 5.74) is -0.642. The predicted molar refractivity (Wildman–Crippen MR) is 69.3 cm³/mol. The summed E-state index contributed by atoms with van der Waals surface area (Å²) in [7, 11) is -9.87. The van der Waals surface area contributed by atoms with E-state index in [4.69, 9.17) is 8.74 Å². The first-order valence-electron chi connectivity index (χ1n) is 6.69. The van der Waals surface area contributed by atoms with Gasteiger partial charge in [0.1, 0.15) is 12.2 Å². The van der Waals surface area contributed by atoms with Crippen molar-refractivity contribution in [3.05, 3.63) is 0 Å². The van der Waals surface area contributed by atoms with E-state index in [2.05, 4.69) is 4.74 Å². The van der Waals surface area contributed by atoms with Gasteiger partial charge in [-0.1, -0.05) is 13.8 Å². The van der Waals surface area contributed by atoms with Crippen molar-refractivity contribution in [2.45, 2.75) is 43.0 Å². The van der Waals surface area contributed by atoms with Crippen molar-refractivity contribution < 1.29 is 43.9 Å². The fraction of sp³-hybridized carbons (Fsp3) is 0.909. The van der Waals surface area contributed by atoms with Crippen molar-refractivity contribution >= 4 is 26.2 Å². The highest BCUT2D eigenvalue weighted by Gasteiger charge is 2.73. The van der Waals surface area contributed by atoms with Crippen LogP contribution in [0.15, 0.2) is 0 Å². The Morgan fingerprint density at radius 3 is 2.48 bits per heavy atom. The largest absolute Gasteiger partial charge is 0.465 e. The number of rotatable bonds is 3. The molecule has 3 rings (SSSR count). The van der Waals surface area contributed by atoms with Gasteiger partial charge in [0.2, 0.25) is 0 Å². The van der Waals surface area contributed by atoms with Crippen LogP contribution >= 0.6 is 0 Å². The second-order valence-electron chi connectivity index (χ2n) is 6.64. The second-order valence-corrected chi connectivity index (χ2v) is 9.89. The number of esters is 1. The Morgan fingerprint density at radius 1 is 1.39 bits per heavy atom. The molecule has 0 aromatic carbocycles. The van der Waals surface area contributed by atoms with Crippen molar-refractivity contribution in [3.63, 3.8) is 0 Å². The first-order valence-corrected chi connectivity index (χ1v) is 9.60. The van der Waals surface area contributed by atoms with Gasteiger partial charge in [0, 0.05) is 11.8 Å². The summed E-state index contributed by atoms with van der Waals surface area (Å²) >= 11 is 0. The van der Waals surface area contributed by atoms with Crippen LogP contribution in [0, 0.1) is 17.3 Å². The Kier molecular flexibility index (Phi) is 3.25. The number of fused-ring (bicyclic) bond motifs is 1. The second kappa shape index (κ2) is 4.41. The maximum absolute atomic E-state index is 13.3. The minimum absolute atomic E-state index is 0.0753. The average Bonchev–Trinajstić information content (AvgIpc) is 2.82. The first kappa shape index (κ1) is 17.0. The van der Waals surface area contributed by atoms with Crippen LogP contribution in [-0.2, 0) is 34.0 Å². The lowest BCUT2D eigenvalue weighted by Crippen LogP contribution is -2.45. The molecule has 0 spiro atoms. The van der Waals surface area contributed by atoms with Crippen molar-refractivity contribution in [2.75, 3.05) is 0 Å². The molecule has 5 unspecified atom stereocenters. The third kappa shape index (κ3) is 2.07. The maximum Gasteiger partial charge on any atom is 0.465 e. The molecule has 12 heteroatoms. The molecule has 0 amide bonds. The van der Waals surface area contributed by atoms with Gasteiger partial charge in [0.25, 0.3) is 10.1 Å². The summed E-state index contributed by atoms with van der Waals surface area (Å²) in [5.74, 6) is -3.55. The quantitative estimate of drug-likeness (QED) is 0.419. The molecule has 1 saturated heterocycles. The lowest BCUT2D eigenvalue weighted by molar-refractivity contribution is -0.174. The summed E-state index contributed by atoms with van der Waals surface area (Å²) in [6.45, 7) is 3.43. The first-order chi connectivity index (χ1) is 10.2. The van der Waals surface area contributed by atoms with Crippen LogP contribution in [-0.4, -0.2) is 50.1 Å². The Morgan fingerprint density at radius 2 is 1.96 bits per heavy atom. The number of carbonyl (C=O) groups excluding carboxylic acids is 1. The zero-order chi connectivity index (χ0) is 17.6. The van der Waals surface area contributed by atoms with Crippen molar-refractivity contribution in [1.29, 1.82) is 0 Å². The van der Waals surface area contributed by atoms with E-state index >= 15 is 0 Å². The van der Waals surface area contributed by atoms with Gasteiger partial charge >= 0.3 is 21.3 Å². The van der Waals surface area contributed by atoms with Gasteiger partial charge in [0.05, 0.1) is 5.25 Å². The van der Waals surface area contributed by atoms with Gasteiger partial charge in [-0.05, 0) is 11.8 Å². The molecule has 23 heavy (non-hydrogen) atoms. The minimum atomic E-state index is -5.99. The molecule has 3 fully saturated rings. The van der Waals surface area contributed by atoms with E-state index in [9.17, 15) is 30.4 Å². The molecule has 0 aromatic rings. The van der Waals surface area contributed by atoms with Crippen molar-refractivity contribution in [3.8, 4) is 0 Å². The van der Waals surface area contributed by atoms with Gasteiger partial charge in [-0.2, -0.15) is 25.6 Å². The fourth-order valence-corrected chi connectivity index (χ4v) is 6.39. The standard InChI is InChI=1S/C11H14F2O8S2/c1-10(2)4-3-5-6(10)8(21-22(5,15)16)7(4)20-9(14)11(12,13)23(17,18)19/h4-8H,3H2,1-2H3,(H,17,18,19). The van der Waals surface area contributed by atoms with E-state index in [0.29, 0.717) is 0 Å². The Balaban J connectivity index is 1.91. The summed E-state index contributed by atoms with van der Waals surface area (Å²) in [5, 5.41) is -5.92. The topological polar surface area (TPSA) is 124 Å². The van der Waals surface area contributed by atoms with Gasteiger partial charge in [-0.25, -0.2) is 4.79 Å². The van der Waals surface area contributed by atoms with Crippen molar-refractivity contribution in [1.82, 2.24) is 0 Å². The van der Waals surface area contributed by atoms with Crippen LogP contribution in [0.4, 0.5) is 8.78 Å². The predicted octanol–water partition coefficient (Wildman–Crippen LogP) is 0.152. The SMILES string of the molecule is CC1(C)C2CC3C1C(OS3(=O)=O)C2OC(=O)C(F)(F)S(=O)(=O)O. The summed E-state index contributed by atoms with van der Waals surface area (Å²) in [6, 6.07) is 0. The van der Waals surface area contributed by atoms with Crippen LogP contribution < -0.4 is 0 Å². The molecule has 0 radical (unpaired) electrons. The Bertz CT molecular complexity index is 772. The zero-order valence-corrected chi connectivity index (χ0v) is 13.6. The van der Waals surface area contributed by atoms with E-state index in [1.165, 1.54) is 0 Å². The molecule has 1 heterocycles. The van der Waals surface area contributed by atoms with E-state index in [1.807, 2.05) is 0 Å². The summed E-state index contributed by atoms with van der Waals surface area (Å²) < 4.78 is 89.6. The smallest absolute Gasteiger partial charge is 0.454 e. The highest BCUT2D eigenvalue weighted by molar-refractivity contribution is 7.88. The number of hydrogen-bond donors (Lipinski definition) is 1. The molecule has 3 aliphatic rings. The Labute approximate surface area is 131 Å². The number of ether oxygens (including phenoxy) is 1. The van der Waals surface area contributed by atoms with Crippen LogP contribution in [0.25, 0.3) is 0 Å². The highest BCUT2D eigenvalue weighted by atomic mass is 32.2. The third-order valence-electron chi connectivity index (χ3n) is 5.20. The molecule has 5 atom stereocenters. The maximum atomic E-state index is 13.3. The molecule has 2 bridgehead atoms. The summed E-state index contributed by atoms with van der Waals surface area (Å²) in [4.78, 5) is 11.5. The minimum Gasteiger partial charge on any atom is -0.454 e. The highest BCUT2D eigenvalue weighted by Crippen LogP contribution is 2.64. The van der Waals surface area contributed by atoms with Crippen LogP contribution in [0.5, 0.6) is 0 Å². The monoisotopic (exact) mass is 376 g/mol. The van der Waals surface area contributed by atoms with Gasteiger partial charge in [-0.15, -0.1) is 0 Å². The molecule has 8 nitrogen and oxygen atoms in total. The number of alkyl halides is 2. The van der Waals surface area contributed by atoms with Crippen LogP contribution in [0.2, 0.25) is 0 Å². The Hall–Kier alpha value is -0.850. The molecular formula is C11H14F2O8S2. The molecule has 2 saturated carbocycles. The zero-order valence-electron chi connectivity index (χ0n) is 12.0. The van der Waals surface area contributed by atoms with Gasteiger partial charge in [0.15, 0.2) is 0 Å². The van der Waals surface area contributed by atoms with E-state index in [0.717, 1.165) is 0 Å². The lowest BCUT2D eigenvalue weighted by Gasteiger charge is -2.27. The molecule has 1 aliphatic heterocycles. The third-order valence-corrected chi connectivity index (χ3v) is 7.73. The van der Waals surface area contributed by atoms with Gasteiger partial charge < -0.3 is 4.74 Å². The number of halogens is 2. The lowest BCUT2D eigenvalue weighted by atomic mass is 9.81. The summed E-state index contributed by atoms with van der Waals surface area (Å²) in [6.07, 6.45) is -2.37. The molecule has 0 aromatic heterocycles. The molecule has 1 N–H and O–H groups in total. The fourth-order valence-electron chi connectivity index (χ4n) is 4.14. The van der Waals surface area contributed by atoms with E-state index < -0.39 is 66.2 Å². The average molecular weight is 376 g/mol. The van der Waals surface area contributed by atoms with Gasteiger partial charge in [-0.3, -0.25) is 8.74 Å². The van der Waals surface area contributed by atoms with E-state index in [-0.39, 0.29) is 6.42 Å². The number of carbonyl (C=O) groups is 1. The van der Waals surface area contributed by atoms with Crippen LogP contribution in [0.1, 0.15) is 20.3 Å². The van der Waals surface area contributed by atoms with Crippen LogP contribution in [0.3, 0.4) is 0 Å². The molecule has 132 valence electrons. The van der Waals surface area contributed by atoms with E-state index in [1.54, 1.807) is 13.8 Å². The molecule has 2 aliphatic carbocycles.